The zero-order chi connectivity index (χ0) is 12.8. The highest BCUT2D eigenvalue weighted by atomic mass is 16.4. The monoisotopic (exact) mass is 232 g/mol. The van der Waals surface area contributed by atoms with Crippen LogP contribution in [0.25, 0.3) is 11.4 Å². The maximum Gasteiger partial charge on any atom is 0.353 e. The molecule has 0 saturated heterocycles. The fraction of sp³-hybridized carbons (Fsp3) is 0.231. The lowest BCUT2D eigenvalue weighted by Crippen LogP contribution is -1.95. The Morgan fingerprint density at radius 3 is 2.29 bits per heavy atom. The van der Waals surface area contributed by atoms with Crippen molar-refractivity contribution in [3.8, 4) is 11.4 Å². The zero-order valence-corrected chi connectivity index (χ0v) is 10.2. The number of carboxylic acid groups (broad SMARTS) is 1. The van der Waals surface area contributed by atoms with Crippen molar-refractivity contribution in [3.05, 3.63) is 41.7 Å². The van der Waals surface area contributed by atoms with Crippen LogP contribution in [0.5, 0.6) is 0 Å². The molecule has 0 spiro atoms. The number of hydrogen-bond donors (Lipinski definition) is 2. The second-order valence-corrected chi connectivity index (χ2v) is 3.32. The Balaban J connectivity index is 0.000000686. The van der Waals surface area contributed by atoms with E-state index in [0.717, 1.165) is 11.1 Å². The topological polar surface area (TPSA) is 66.0 Å². The maximum atomic E-state index is 10.6. The summed E-state index contributed by atoms with van der Waals surface area (Å²) in [4.78, 5) is 17.4. The lowest BCUT2D eigenvalue weighted by Gasteiger charge is -1.96. The van der Waals surface area contributed by atoms with Gasteiger partial charge in [0.1, 0.15) is 11.5 Å². The number of imidazole rings is 1. The molecule has 0 aliphatic rings. The Hall–Kier alpha value is -2.10. The van der Waals surface area contributed by atoms with E-state index in [-0.39, 0.29) is 5.69 Å². The van der Waals surface area contributed by atoms with Gasteiger partial charge < -0.3 is 10.1 Å². The number of aromatic amines is 1. The molecule has 0 saturated carbocycles. The number of nitrogens with zero attached hydrogens (tertiary/aromatic N) is 1. The van der Waals surface area contributed by atoms with Crippen LogP contribution in [0.4, 0.5) is 0 Å². The first-order valence-electron chi connectivity index (χ1n) is 5.52. The van der Waals surface area contributed by atoms with Gasteiger partial charge in [0.05, 0.1) is 6.20 Å². The molecule has 2 N–H and O–H groups in total. The molecule has 1 aromatic heterocycles. The van der Waals surface area contributed by atoms with Crippen molar-refractivity contribution in [2.45, 2.75) is 20.8 Å². The number of nitrogens with one attached hydrogen (secondary N) is 1. The molecule has 0 aliphatic heterocycles. The molecule has 0 atom stereocenters. The van der Waals surface area contributed by atoms with E-state index >= 15 is 0 Å². The molecule has 4 nitrogen and oxygen atoms in total. The van der Waals surface area contributed by atoms with Gasteiger partial charge in [-0.3, -0.25) is 0 Å². The Labute approximate surface area is 100 Å². The summed E-state index contributed by atoms with van der Waals surface area (Å²) >= 11 is 0. The number of benzene rings is 1. The largest absolute Gasteiger partial charge is 0.477 e. The van der Waals surface area contributed by atoms with E-state index in [2.05, 4.69) is 9.97 Å². The molecular weight excluding hydrogens is 216 g/mol. The zero-order valence-electron chi connectivity index (χ0n) is 10.2. The van der Waals surface area contributed by atoms with Crippen molar-refractivity contribution in [1.29, 1.82) is 0 Å². The van der Waals surface area contributed by atoms with Gasteiger partial charge in [-0.15, -0.1) is 0 Å². The summed E-state index contributed by atoms with van der Waals surface area (Å²) in [5.74, 6) is -0.423. The van der Waals surface area contributed by atoms with Crippen LogP contribution in [-0.2, 0) is 0 Å². The summed E-state index contributed by atoms with van der Waals surface area (Å²) in [6.07, 6.45) is 1.32. The Morgan fingerprint density at radius 2 is 1.82 bits per heavy atom. The number of H-pyrrole nitrogens is 1. The highest BCUT2D eigenvalue weighted by Gasteiger charge is 2.07. The number of rotatable bonds is 2. The number of aromatic nitrogens is 2. The van der Waals surface area contributed by atoms with Crippen molar-refractivity contribution >= 4 is 5.97 Å². The van der Waals surface area contributed by atoms with Crippen molar-refractivity contribution in [2.24, 2.45) is 0 Å². The third-order valence-electron chi connectivity index (χ3n) is 2.13. The standard InChI is InChI=1S/C11H10N2O2.C2H6/c1-7-2-4-8(5-3-7)10-12-6-9(13-10)11(14)15;1-2/h2-6H,1H3,(H,12,13)(H,14,15);1-2H3. The minimum Gasteiger partial charge on any atom is -0.477 e. The number of aromatic carboxylic acids is 1. The predicted molar refractivity (Wildman–Crippen MR) is 67.1 cm³/mol. The van der Waals surface area contributed by atoms with Crippen molar-refractivity contribution < 1.29 is 9.90 Å². The summed E-state index contributed by atoms with van der Waals surface area (Å²) in [7, 11) is 0. The minimum absolute atomic E-state index is 0.102. The highest BCUT2D eigenvalue weighted by Crippen LogP contribution is 2.15. The lowest BCUT2D eigenvalue weighted by molar-refractivity contribution is 0.0691. The number of carbonyl (C=O) groups is 1. The van der Waals surface area contributed by atoms with Gasteiger partial charge in [-0.2, -0.15) is 0 Å². The first kappa shape index (κ1) is 13.0. The first-order chi connectivity index (χ1) is 8.16. The second kappa shape index (κ2) is 5.84. The predicted octanol–water partition coefficient (Wildman–Crippen LogP) is 3.11. The smallest absolute Gasteiger partial charge is 0.353 e. The molecule has 90 valence electrons. The van der Waals surface area contributed by atoms with Crippen LogP contribution >= 0.6 is 0 Å². The average Bonchev–Trinajstić information content (AvgIpc) is 2.82. The van der Waals surface area contributed by atoms with E-state index in [4.69, 9.17) is 5.11 Å². The molecule has 0 aliphatic carbocycles. The van der Waals surface area contributed by atoms with Crippen LogP contribution in [0.15, 0.2) is 30.5 Å². The van der Waals surface area contributed by atoms with Crippen LogP contribution in [0, 0.1) is 6.92 Å². The third-order valence-corrected chi connectivity index (χ3v) is 2.13. The molecule has 4 heteroatoms. The van der Waals surface area contributed by atoms with Crippen molar-refractivity contribution in [3.63, 3.8) is 0 Å². The normalized spacial score (nSPS) is 9.35. The molecule has 2 aromatic rings. The summed E-state index contributed by atoms with van der Waals surface area (Å²) in [6.45, 7) is 5.99. The number of carboxylic acids is 1. The summed E-state index contributed by atoms with van der Waals surface area (Å²) < 4.78 is 0. The van der Waals surface area contributed by atoms with E-state index in [1.165, 1.54) is 6.20 Å². The van der Waals surface area contributed by atoms with Crippen LogP contribution in [0.1, 0.15) is 29.9 Å². The fourth-order valence-corrected chi connectivity index (χ4v) is 1.29. The molecule has 2 rings (SSSR count). The van der Waals surface area contributed by atoms with Gasteiger partial charge in [-0.25, -0.2) is 9.78 Å². The Bertz CT molecular complexity index is 486. The molecular formula is C13H16N2O2. The number of hydrogen-bond acceptors (Lipinski definition) is 2. The molecule has 0 fully saturated rings. The quantitative estimate of drug-likeness (QED) is 0.836. The average molecular weight is 232 g/mol. The molecule has 1 aromatic carbocycles. The number of aryl methyl sites for hydroxylation is 1. The lowest BCUT2D eigenvalue weighted by atomic mass is 10.1. The van der Waals surface area contributed by atoms with E-state index in [1.54, 1.807) is 0 Å². The molecule has 17 heavy (non-hydrogen) atoms. The van der Waals surface area contributed by atoms with E-state index in [9.17, 15) is 4.79 Å². The van der Waals surface area contributed by atoms with Gasteiger partial charge in [-0.1, -0.05) is 43.7 Å². The molecule has 0 amide bonds. The van der Waals surface area contributed by atoms with Crippen molar-refractivity contribution in [1.82, 2.24) is 9.97 Å². The summed E-state index contributed by atoms with van der Waals surface area (Å²) in [5.41, 5.74) is 2.14. The van der Waals surface area contributed by atoms with E-state index in [1.807, 2.05) is 45.0 Å². The van der Waals surface area contributed by atoms with Crippen molar-refractivity contribution in [2.75, 3.05) is 0 Å². The Morgan fingerprint density at radius 1 is 1.24 bits per heavy atom. The van der Waals surface area contributed by atoms with E-state index < -0.39 is 5.97 Å². The summed E-state index contributed by atoms with van der Waals surface area (Å²) in [6, 6.07) is 7.72. The molecule has 0 unspecified atom stereocenters. The van der Waals surface area contributed by atoms with Crippen LogP contribution in [0.2, 0.25) is 0 Å². The summed E-state index contributed by atoms with van der Waals surface area (Å²) in [5, 5.41) is 8.72. The van der Waals surface area contributed by atoms with Gasteiger partial charge in [0.15, 0.2) is 0 Å². The van der Waals surface area contributed by atoms with Gasteiger partial charge in [-0.05, 0) is 6.92 Å². The van der Waals surface area contributed by atoms with Crippen LogP contribution in [-0.4, -0.2) is 21.0 Å². The molecule has 1 heterocycles. The van der Waals surface area contributed by atoms with E-state index in [0.29, 0.717) is 5.82 Å². The van der Waals surface area contributed by atoms with Gasteiger partial charge >= 0.3 is 5.97 Å². The van der Waals surface area contributed by atoms with Gasteiger partial charge in [0.2, 0.25) is 0 Å². The molecule has 0 radical (unpaired) electrons. The third kappa shape index (κ3) is 3.17. The maximum absolute atomic E-state index is 10.6. The van der Waals surface area contributed by atoms with Gasteiger partial charge in [0.25, 0.3) is 0 Å². The second-order valence-electron chi connectivity index (χ2n) is 3.32. The Kier molecular flexibility index (Phi) is 4.46. The minimum atomic E-state index is -0.999. The highest BCUT2D eigenvalue weighted by molar-refractivity contribution is 5.85. The molecule has 0 bridgehead atoms. The van der Waals surface area contributed by atoms with Gasteiger partial charge in [0, 0.05) is 5.56 Å². The van der Waals surface area contributed by atoms with Crippen LogP contribution in [0.3, 0.4) is 0 Å². The first-order valence-corrected chi connectivity index (χ1v) is 5.52. The SMILES string of the molecule is CC.Cc1ccc(-c2ncc(C(=O)O)[nH]2)cc1. The fourth-order valence-electron chi connectivity index (χ4n) is 1.29. The van der Waals surface area contributed by atoms with Crippen LogP contribution < -0.4 is 0 Å².